The highest BCUT2D eigenvalue weighted by atomic mass is 19.1. The SMILES string of the molecule is CC(C)NC(=O)O[C@H]1C[C@@H](c2cc(Nc3ncc(-c4ccnn4C)c4nc(C#N)cn34)n[nH]2)C[C@H]1F. The van der Waals surface area contributed by atoms with Gasteiger partial charge in [-0.3, -0.25) is 14.2 Å². The van der Waals surface area contributed by atoms with Gasteiger partial charge in [-0.15, -0.1) is 0 Å². The number of ether oxygens (including phenoxy) is 1. The van der Waals surface area contributed by atoms with Crippen LogP contribution in [0.15, 0.2) is 30.7 Å². The van der Waals surface area contributed by atoms with Crippen LogP contribution in [0, 0.1) is 11.3 Å². The first-order valence-electron chi connectivity index (χ1n) is 11.5. The molecule has 0 spiro atoms. The van der Waals surface area contributed by atoms with Crippen LogP contribution in [0.3, 0.4) is 0 Å². The van der Waals surface area contributed by atoms with Crippen LogP contribution < -0.4 is 10.6 Å². The molecule has 0 saturated heterocycles. The second-order valence-corrected chi connectivity index (χ2v) is 9.03. The molecular formula is C23H25FN10O2. The Morgan fingerprint density at radius 3 is 2.94 bits per heavy atom. The van der Waals surface area contributed by atoms with Crippen LogP contribution in [0.1, 0.15) is 44.0 Å². The Hall–Kier alpha value is -4.47. The molecule has 36 heavy (non-hydrogen) atoms. The van der Waals surface area contributed by atoms with Gasteiger partial charge in [0.15, 0.2) is 17.2 Å². The molecule has 5 rings (SSSR count). The summed E-state index contributed by atoms with van der Waals surface area (Å²) >= 11 is 0. The van der Waals surface area contributed by atoms with Crippen LogP contribution in [0.2, 0.25) is 0 Å². The number of nitrogens with zero attached hydrogens (tertiary/aromatic N) is 7. The molecule has 12 nitrogen and oxygen atoms in total. The third-order valence-corrected chi connectivity index (χ3v) is 6.07. The number of amides is 1. The summed E-state index contributed by atoms with van der Waals surface area (Å²) in [7, 11) is 1.81. The second-order valence-electron chi connectivity index (χ2n) is 9.03. The molecule has 3 N–H and O–H groups in total. The highest BCUT2D eigenvalue weighted by Crippen LogP contribution is 2.38. The largest absolute Gasteiger partial charge is 0.443 e. The minimum atomic E-state index is -1.26. The summed E-state index contributed by atoms with van der Waals surface area (Å²) < 4.78 is 23.2. The van der Waals surface area contributed by atoms with Crippen LogP contribution >= 0.6 is 0 Å². The van der Waals surface area contributed by atoms with Gasteiger partial charge < -0.3 is 15.4 Å². The molecule has 3 atom stereocenters. The van der Waals surface area contributed by atoms with Gasteiger partial charge in [0.2, 0.25) is 5.95 Å². The lowest BCUT2D eigenvalue weighted by atomic mass is 10.0. The molecule has 4 heterocycles. The maximum absolute atomic E-state index is 14.6. The highest BCUT2D eigenvalue weighted by molar-refractivity contribution is 5.77. The number of H-pyrrole nitrogens is 1. The molecule has 0 aromatic carbocycles. The molecule has 0 aliphatic heterocycles. The van der Waals surface area contributed by atoms with E-state index in [1.807, 2.05) is 27.0 Å². The highest BCUT2D eigenvalue weighted by Gasteiger charge is 2.38. The standard InChI is InChI=1S/C23H25FN10O2/c1-12(2)28-23(35)36-19-7-13(6-16(19)24)17-8-20(32-31-17)30-22-26-10-15(18-4-5-27-33(18)3)21-29-14(9-25)11-34(21)22/h4-5,8,10-13,16,19H,6-7H2,1-3H3,(H,28,35)(H2,26,30,31,32)/t13-,16+,19-/m0/s1. The van der Waals surface area contributed by atoms with Crippen LogP contribution in [-0.4, -0.2) is 58.8 Å². The molecule has 0 radical (unpaired) electrons. The Labute approximate surface area is 205 Å². The lowest BCUT2D eigenvalue weighted by Gasteiger charge is -2.16. The fourth-order valence-corrected chi connectivity index (χ4v) is 4.40. The maximum atomic E-state index is 14.6. The van der Waals surface area contributed by atoms with E-state index in [2.05, 4.69) is 42.0 Å². The van der Waals surface area contributed by atoms with Gasteiger partial charge in [0.25, 0.3) is 0 Å². The number of halogens is 1. The zero-order chi connectivity index (χ0) is 25.4. The molecule has 0 bridgehead atoms. The van der Waals surface area contributed by atoms with Crippen LogP contribution in [0.4, 0.5) is 21.0 Å². The number of alkyl halides is 1. The summed E-state index contributed by atoms with van der Waals surface area (Å²) in [6.45, 7) is 3.62. The molecule has 1 fully saturated rings. The maximum Gasteiger partial charge on any atom is 0.407 e. The van der Waals surface area contributed by atoms with Gasteiger partial charge in [0.1, 0.15) is 18.3 Å². The van der Waals surface area contributed by atoms with E-state index < -0.39 is 18.4 Å². The van der Waals surface area contributed by atoms with Gasteiger partial charge in [-0.05, 0) is 32.8 Å². The smallest absolute Gasteiger partial charge is 0.407 e. The van der Waals surface area contributed by atoms with E-state index in [0.29, 0.717) is 23.8 Å². The van der Waals surface area contributed by atoms with Crippen LogP contribution in [0.5, 0.6) is 0 Å². The van der Waals surface area contributed by atoms with Crippen LogP contribution in [0.25, 0.3) is 16.9 Å². The van der Waals surface area contributed by atoms with Crippen molar-refractivity contribution in [2.75, 3.05) is 5.32 Å². The van der Waals surface area contributed by atoms with Crippen molar-refractivity contribution in [1.29, 1.82) is 5.26 Å². The second kappa shape index (κ2) is 9.29. The number of aromatic nitrogens is 7. The van der Waals surface area contributed by atoms with E-state index in [9.17, 15) is 14.4 Å². The predicted molar refractivity (Wildman–Crippen MR) is 127 cm³/mol. The van der Waals surface area contributed by atoms with Gasteiger partial charge in [-0.2, -0.15) is 15.5 Å². The number of fused-ring (bicyclic) bond motifs is 1. The zero-order valence-electron chi connectivity index (χ0n) is 19.9. The molecule has 0 unspecified atom stereocenters. The van der Waals surface area contributed by atoms with E-state index in [1.54, 1.807) is 33.7 Å². The van der Waals surface area contributed by atoms with Crippen molar-refractivity contribution >= 4 is 23.5 Å². The quantitative estimate of drug-likeness (QED) is 0.371. The number of imidazole rings is 1. The molecule has 1 amide bonds. The van der Waals surface area contributed by atoms with Gasteiger partial charge in [-0.25, -0.2) is 19.2 Å². The number of hydrogen-bond acceptors (Lipinski definition) is 8. The molecule has 1 aliphatic rings. The Kier molecular flexibility index (Phi) is 6.01. The van der Waals surface area contributed by atoms with Gasteiger partial charge >= 0.3 is 6.09 Å². The van der Waals surface area contributed by atoms with Crippen molar-refractivity contribution in [3.05, 3.63) is 42.1 Å². The number of nitrogens with one attached hydrogen (secondary N) is 3. The molecule has 186 valence electrons. The summed E-state index contributed by atoms with van der Waals surface area (Å²) in [5.41, 5.74) is 3.03. The minimum absolute atomic E-state index is 0.0907. The number of nitriles is 1. The van der Waals surface area contributed by atoms with E-state index in [1.165, 1.54) is 0 Å². The van der Waals surface area contributed by atoms with Gasteiger partial charge in [0, 0.05) is 43.2 Å². The van der Waals surface area contributed by atoms with E-state index >= 15 is 0 Å². The first-order chi connectivity index (χ1) is 17.3. The molecule has 13 heteroatoms. The molecule has 4 aromatic rings. The van der Waals surface area contributed by atoms with Crippen molar-refractivity contribution in [3.63, 3.8) is 0 Å². The average molecular weight is 493 g/mol. The number of aromatic amines is 1. The van der Waals surface area contributed by atoms with Crippen molar-refractivity contribution in [1.82, 2.24) is 39.7 Å². The van der Waals surface area contributed by atoms with E-state index in [-0.39, 0.29) is 24.1 Å². The molecule has 1 saturated carbocycles. The fraction of sp³-hybridized carbons (Fsp3) is 0.391. The monoisotopic (exact) mass is 492 g/mol. The van der Waals surface area contributed by atoms with Crippen LogP contribution in [-0.2, 0) is 11.8 Å². The number of carbonyl (C=O) groups is 1. The summed E-state index contributed by atoms with van der Waals surface area (Å²) in [5.74, 6) is 0.694. The summed E-state index contributed by atoms with van der Waals surface area (Å²) in [5, 5.41) is 26.6. The first-order valence-corrected chi connectivity index (χ1v) is 11.5. The Balaban J connectivity index is 1.35. The predicted octanol–water partition coefficient (Wildman–Crippen LogP) is 3.19. The summed E-state index contributed by atoms with van der Waals surface area (Å²) in [6.07, 6.45) is 2.80. The van der Waals surface area contributed by atoms with Crippen molar-refractivity contribution < 1.29 is 13.9 Å². The molecule has 4 aromatic heterocycles. The summed E-state index contributed by atoms with van der Waals surface area (Å²) in [6, 6.07) is 5.59. The van der Waals surface area contributed by atoms with E-state index in [4.69, 9.17) is 4.74 Å². The molecule has 1 aliphatic carbocycles. The topological polar surface area (TPSA) is 151 Å². The number of carbonyl (C=O) groups excluding carboxylic acids is 1. The third kappa shape index (κ3) is 4.45. The molecular weight excluding hydrogens is 467 g/mol. The number of hydrogen-bond donors (Lipinski definition) is 3. The van der Waals surface area contributed by atoms with Gasteiger partial charge in [0.05, 0.1) is 17.5 Å². The number of anilines is 2. The number of alkyl carbamates (subject to hydrolysis) is 1. The fourth-order valence-electron chi connectivity index (χ4n) is 4.40. The normalized spacial score (nSPS) is 19.5. The van der Waals surface area contributed by atoms with Crippen molar-refractivity contribution in [2.24, 2.45) is 7.05 Å². The Morgan fingerprint density at radius 2 is 2.22 bits per heavy atom. The van der Waals surface area contributed by atoms with E-state index in [0.717, 1.165) is 17.0 Å². The zero-order valence-corrected chi connectivity index (χ0v) is 19.9. The minimum Gasteiger partial charge on any atom is -0.443 e. The third-order valence-electron chi connectivity index (χ3n) is 6.07. The first kappa shape index (κ1) is 23.3. The Bertz CT molecular complexity index is 1450. The number of aryl methyl sites for hydroxylation is 1. The van der Waals surface area contributed by atoms with Gasteiger partial charge in [-0.1, -0.05) is 0 Å². The average Bonchev–Trinajstić information content (AvgIpc) is 3.61. The van der Waals surface area contributed by atoms with Crippen molar-refractivity contribution in [2.45, 2.75) is 50.9 Å². The number of rotatable bonds is 6. The lowest BCUT2D eigenvalue weighted by molar-refractivity contribution is 0.0593. The lowest BCUT2D eigenvalue weighted by Crippen LogP contribution is -2.35. The van der Waals surface area contributed by atoms with Crippen molar-refractivity contribution in [3.8, 4) is 17.3 Å². The summed E-state index contributed by atoms with van der Waals surface area (Å²) in [4.78, 5) is 20.8. The Morgan fingerprint density at radius 1 is 1.39 bits per heavy atom.